The Hall–Kier alpha value is -2.08. The van der Waals surface area contributed by atoms with Gasteiger partial charge in [-0.25, -0.2) is 0 Å². The van der Waals surface area contributed by atoms with Crippen molar-refractivity contribution < 1.29 is 9.59 Å². The summed E-state index contributed by atoms with van der Waals surface area (Å²) in [5.41, 5.74) is 2.36. The molecule has 0 atom stereocenters. The molecule has 1 aliphatic carbocycles. The second-order valence-electron chi connectivity index (χ2n) is 8.74. The maximum atomic E-state index is 13.5. The van der Waals surface area contributed by atoms with E-state index in [1.165, 1.54) is 24.8 Å². The Balaban J connectivity index is 1.78. The Morgan fingerprint density at radius 3 is 2.41 bits per heavy atom. The lowest BCUT2D eigenvalue weighted by Gasteiger charge is -2.36. The van der Waals surface area contributed by atoms with Gasteiger partial charge in [0, 0.05) is 41.9 Å². The minimum Gasteiger partial charge on any atom is -0.345 e. The lowest BCUT2D eigenvalue weighted by atomic mass is 9.94. The Morgan fingerprint density at radius 2 is 1.75 bits per heavy atom. The summed E-state index contributed by atoms with van der Waals surface area (Å²) in [6.45, 7) is 6.10. The fraction of sp³-hybridized carbons (Fsp3) is 0.538. The van der Waals surface area contributed by atoms with Crippen LogP contribution in [0.25, 0.3) is 0 Å². The lowest BCUT2D eigenvalue weighted by molar-refractivity contribution is -0.142. The van der Waals surface area contributed by atoms with Crippen LogP contribution in [0.1, 0.15) is 70.1 Å². The second-order valence-corrected chi connectivity index (χ2v) is 9.65. The van der Waals surface area contributed by atoms with Gasteiger partial charge in [-0.3, -0.25) is 9.59 Å². The van der Waals surface area contributed by atoms with Gasteiger partial charge in [0.25, 0.3) is 0 Å². The van der Waals surface area contributed by atoms with E-state index >= 15 is 0 Å². The van der Waals surface area contributed by atoms with Gasteiger partial charge in [-0.05, 0) is 49.1 Å². The zero-order valence-electron chi connectivity index (χ0n) is 19.4. The average molecular weight is 502 g/mol. The Labute approximate surface area is 200 Å². The SMILES string of the molecule is CCCN(CC(=O)N(Cc1cccn1Cc1ccc(Br)cc1)C1CCCCC1)C(=O)CC. The van der Waals surface area contributed by atoms with Crippen LogP contribution >= 0.6 is 15.9 Å². The number of carbonyl (C=O) groups excluding carboxylic acids is 2. The van der Waals surface area contributed by atoms with Crippen LogP contribution < -0.4 is 0 Å². The predicted molar refractivity (Wildman–Crippen MR) is 132 cm³/mol. The maximum absolute atomic E-state index is 13.5. The van der Waals surface area contributed by atoms with Crippen molar-refractivity contribution in [2.45, 2.75) is 77.9 Å². The normalized spacial score (nSPS) is 14.3. The minimum atomic E-state index is 0.0578. The van der Waals surface area contributed by atoms with Crippen LogP contribution in [0.3, 0.4) is 0 Å². The van der Waals surface area contributed by atoms with Gasteiger partial charge in [0.05, 0.1) is 13.1 Å². The largest absolute Gasteiger partial charge is 0.345 e. The lowest BCUT2D eigenvalue weighted by Crippen LogP contribution is -2.47. The van der Waals surface area contributed by atoms with E-state index in [0.717, 1.165) is 36.0 Å². The fourth-order valence-corrected chi connectivity index (χ4v) is 4.83. The topological polar surface area (TPSA) is 45.6 Å². The van der Waals surface area contributed by atoms with E-state index in [1.54, 1.807) is 4.90 Å². The van der Waals surface area contributed by atoms with Crippen LogP contribution in [0.2, 0.25) is 0 Å². The highest BCUT2D eigenvalue weighted by Gasteiger charge is 2.28. The molecule has 0 aliphatic heterocycles. The summed E-state index contributed by atoms with van der Waals surface area (Å²) in [6.07, 6.45) is 9.07. The van der Waals surface area contributed by atoms with Crippen molar-refractivity contribution in [3.8, 4) is 0 Å². The molecule has 5 nitrogen and oxygen atoms in total. The van der Waals surface area contributed by atoms with E-state index < -0.39 is 0 Å². The number of halogens is 1. The molecule has 1 aromatic heterocycles. The molecule has 0 unspecified atom stereocenters. The third-order valence-corrected chi connectivity index (χ3v) is 6.86. The summed E-state index contributed by atoms with van der Waals surface area (Å²) in [5.74, 6) is 0.131. The first-order chi connectivity index (χ1) is 15.5. The standard InChI is InChI=1S/C26H36BrN3O2/c1-3-16-29(25(31)4-2)20-26(32)30(23-9-6-5-7-10-23)19-24-11-8-17-28(24)18-21-12-14-22(27)15-13-21/h8,11-15,17,23H,3-7,9-10,16,18-20H2,1-2H3. The molecule has 0 N–H and O–H groups in total. The van der Waals surface area contributed by atoms with Crippen LogP contribution in [0.5, 0.6) is 0 Å². The zero-order valence-corrected chi connectivity index (χ0v) is 21.0. The maximum Gasteiger partial charge on any atom is 0.242 e. The Kier molecular flexibility index (Phi) is 9.39. The van der Waals surface area contributed by atoms with Gasteiger partial charge in [-0.1, -0.05) is 61.2 Å². The quantitative estimate of drug-likeness (QED) is 0.424. The van der Waals surface area contributed by atoms with Gasteiger partial charge in [0.15, 0.2) is 0 Å². The van der Waals surface area contributed by atoms with Crippen molar-refractivity contribution in [2.75, 3.05) is 13.1 Å². The number of rotatable bonds is 10. The molecule has 1 saturated carbocycles. The van der Waals surface area contributed by atoms with E-state index in [4.69, 9.17) is 0 Å². The first-order valence-corrected chi connectivity index (χ1v) is 12.8. The third-order valence-electron chi connectivity index (χ3n) is 6.33. The number of nitrogens with zero attached hydrogens (tertiary/aromatic N) is 3. The van der Waals surface area contributed by atoms with Crippen LogP contribution in [-0.2, 0) is 22.7 Å². The van der Waals surface area contributed by atoms with Crippen LogP contribution in [0.4, 0.5) is 0 Å². The number of amides is 2. The van der Waals surface area contributed by atoms with Crippen molar-refractivity contribution in [3.63, 3.8) is 0 Å². The summed E-state index contributed by atoms with van der Waals surface area (Å²) in [7, 11) is 0. The first kappa shape index (κ1) is 24.6. The Morgan fingerprint density at radius 1 is 1.03 bits per heavy atom. The molecular weight excluding hydrogens is 466 g/mol. The average Bonchev–Trinajstić information content (AvgIpc) is 3.25. The third kappa shape index (κ3) is 6.71. The molecule has 0 bridgehead atoms. The molecule has 0 saturated heterocycles. The molecule has 0 radical (unpaired) electrons. The van der Waals surface area contributed by atoms with Gasteiger partial charge >= 0.3 is 0 Å². The van der Waals surface area contributed by atoms with Crippen LogP contribution in [0, 0.1) is 0 Å². The number of aromatic nitrogens is 1. The second kappa shape index (κ2) is 12.2. The molecule has 1 heterocycles. The fourth-order valence-electron chi connectivity index (χ4n) is 4.56. The van der Waals surface area contributed by atoms with Gasteiger partial charge in [-0.2, -0.15) is 0 Å². The number of hydrogen-bond acceptors (Lipinski definition) is 2. The molecule has 1 aromatic carbocycles. The van der Waals surface area contributed by atoms with E-state index in [2.05, 4.69) is 68.0 Å². The van der Waals surface area contributed by atoms with Crippen molar-refractivity contribution in [1.82, 2.24) is 14.4 Å². The summed E-state index contributed by atoms with van der Waals surface area (Å²) in [6, 6.07) is 12.8. The summed E-state index contributed by atoms with van der Waals surface area (Å²) >= 11 is 3.50. The predicted octanol–water partition coefficient (Wildman–Crippen LogP) is 5.61. The highest BCUT2D eigenvalue weighted by atomic mass is 79.9. The van der Waals surface area contributed by atoms with E-state index in [1.807, 2.05) is 13.8 Å². The monoisotopic (exact) mass is 501 g/mol. The molecule has 174 valence electrons. The zero-order chi connectivity index (χ0) is 22.9. The van der Waals surface area contributed by atoms with E-state index in [9.17, 15) is 9.59 Å². The summed E-state index contributed by atoms with van der Waals surface area (Å²) < 4.78 is 3.30. The van der Waals surface area contributed by atoms with Crippen molar-refractivity contribution in [3.05, 3.63) is 58.3 Å². The van der Waals surface area contributed by atoms with E-state index in [0.29, 0.717) is 19.5 Å². The van der Waals surface area contributed by atoms with Gasteiger partial charge < -0.3 is 14.4 Å². The molecule has 6 heteroatoms. The summed E-state index contributed by atoms with van der Waals surface area (Å²) in [4.78, 5) is 29.7. The molecule has 0 spiro atoms. The van der Waals surface area contributed by atoms with Gasteiger partial charge in [0.1, 0.15) is 0 Å². The smallest absolute Gasteiger partial charge is 0.242 e. The molecule has 1 fully saturated rings. The van der Waals surface area contributed by atoms with Crippen molar-refractivity contribution >= 4 is 27.7 Å². The van der Waals surface area contributed by atoms with E-state index in [-0.39, 0.29) is 24.4 Å². The molecule has 32 heavy (non-hydrogen) atoms. The summed E-state index contributed by atoms with van der Waals surface area (Å²) in [5, 5.41) is 0. The van der Waals surface area contributed by atoms with Gasteiger partial charge in [-0.15, -0.1) is 0 Å². The number of hydrogen-bond donors (Lipinski definition) is 0. The highest BCUT2D eigenvalue weighted by Crippen LogP contribution is 2.25. The van der Waals surface area contributed by atoms with Crippen LogP contribution in [0.15, 0.2) is 47.1 Å². The van der Waals surface area contributed by atoms with Crippen LogP contribution in [-0.4, -0.2) is 45.3 Å². The molecule has 3 rings (SSSR count). The number of carbonyl (C=O) groups is 2. The van der Waals surface area contributed by atoms with Crippen molar-refractivity contribution in [2.24, 2.45) is 0 Å². The van der Waals surface area contributed by atoms with Crippen molar-refractivity contribution in [1.29, 1.82) is 0 Å². The first-order valence-electron chi connectivity index (χ1n) is 12.0. The molecule has 2 amide bonds. The Bertz CT molecular complexity index is 871. The molecule has 1 aliphatic rings. The van der Waals surface area contributed by atoms with Gasteiger partial charge in [0.2, 0.25) is 11.8 Å². The molecule has 2 aromatic rings. The minimum absolute atomic E-state index is 0.0578. The highest BCUT2D eigenvalue weighted by molar-refractivity contribution is 9.10. The number of benzene rings is 1. The molecular formula is C26H36BrN3O2.